The molecule has 0 aromatic heterocycles. The normalized spacial score (nSPS) is 12.9. The molecule has 3 rings (SSSR count). The molecule has 146 valence electrons. The molecule has 2 nitrogen and oxygen atoms in total. The monoisotopic (exact) mass is 408 g/mol. The minimum absolute atomic E-state index is 0.423. The summed E-state index contributed by atoms with van der Waals surface area (Å²) in [7, 11) is 1.02. The van der Waals surface area contributed by atoms with Crippen molar-refractivity contribution >= 4 is 32.2 Å². The second-order valence-corrected chi connectivity index (χ2v) is 11.6. The number of hydrogen-bond donors (Lipinski definition) is 0. The van der Waals surface area contributed by atoms with Gasteiger partial charge in [-0.15, -0.1) is 0 Å². The average Bonchev–Trinajstić information content (AvgIpc) is 2.75. The summed E-state index contributed by atoms with van der Waals surface area (Å²) in [4.78, 5) is 0. The lowest BCUT2D eigenvalue weighted by atomic mass is 10.4. The topological polar surface area (TPSA) is 6.48 Å². The molecule has 0 saturated heterocycles. The van der Waals surface area contributed by atoms with Gasteiger partial charge in [-0.05, 0) is 31.5 Å². The molecule has 0 amide bonds. The molecule has 0 bridgehead atoms. The van der Waals surface area contributed by atoms with Gasteiger partial charge in [0.2, 0.25) is 0 Å². The van der Waals surface area contributed by atoms with E-state index in [1.54, 1.807) is 0 Å². The van der Waals surface area contributed by atoms with Crippen LogP contribution in [0.2, 0.25) is 0 Å². The summed E-state index contributed by atoms with van der Waals surface area (Å²) in [6.45, 7) is 7.95. The SMILES string of the molecule is CCN(C)P(c1ccccc1)N(C(C)C)P(c1ccccc1)c1ccccc1. The Kier molecular flexibility index (Phi) is 7.77. The Morgan fingerprint density at radius 1 is 0.679 bits per heavy atom. The molecule has 0 fully saturated rings. The molecule has 0 aliphatic carbocycles. The van der Waals surface area contributed by atoms with E-state index in [-0.39, 0.29) is 0 Å². The van der Waals surface area contributed by atoms with E-state index in [2.05, 4.69) is 128 Å². The average molecular weight is 408 g/mol. The summed E-state index contributed by atoms with van der Waals surface area (Å²) >= 11 is 0. The van der Waals surface area contributed by atoms with Crippen LogP contribution in [0.1, 0.15) is 20.8 Å². The third-order valence-corrected chi connectivity index (χ3v) is 10.7. The Morgan fingerprint density at radius 3 is 1.43 bits per heavy atom. The van der Waals surface area contributed by atoms with Gasteiger partial charge in [0.1, 0.15) is 0 Å². The fraction of sp³-hybridized carbons (Fsp3) is 0.250. The number of nitrogens with zero attached hydrogens (tertiary/aromatic N) is 2. The zero-order chi connectivity index (χ0) is 19.9. The third kappa shape index (κ3) is 4.88. The van der Waals surface area contributed by atoms with Crippen LogP contribution in [-0.2, 0) is 0 Å². The molecule has 0 heterocycles. The molecule has 3 aromatic rings. The van der Waals surface area contributed by atoms with Gasteiger partial charge in [0.05, 0.1) is 8.22 Å². The lowest BCUT2D eigenvalue weighted by Crippen LogP contribution is -2.37. The van der Waals surface area contributed by atoms with E-state index in [1.165, 1.54) is 15.9 Å². The number of rotatable bonds is 8. The van der Waals surface area contributed by atoms with E-state index >= 15 is 0 Å². The first-order chi connectivity index (χ1) is 13.6. The van der Waals surface area contributed by atoms with Crippen molar-refractivity contribution in [2.45, 2.75) is 26.8 Å². The standard InChI is InChI=1S/C24H30N2P2/c1-5-25(4)28(24-19-13-8-14-20-24)26(21(2)3)27(22-15-9-6-10-16-22)23-17-11-7-12-18-23/h6-21H,5H2,1-4H3. The molecule has 3 aromatic carbocycles. The molecule has 0 radical (unpaired) electrons. The smallest absolute Gasteiger partial charge is 0.0766 e. The largest absolute Gasteiger partial charge is 0.269 e. The maximum Gasteiger partial charge on any atom is 0.0766 e. The van der Waals surface area contributed by atoms with E-state index in [1.807, 2.05) is 0 Å². The van der Waals surface area contributed by atoms with Gasteiger partial charge in [0, 0.05) is 26.0 Å². The van der Waals surface area contributed by atoms with Crippen LogP contribution in [0.3, 0.4) is 0 Å². The van der Waals surface area contributed by atoms with Crippen molar-refractivity contribution in [2.75, 3.05) is 13.6 Å². The highest BCUT2D eigenvalue weighted by atomic mass is 31.2. The van der Waals surface area contributed by atoms with Crippen LogP contribution >= 0.6 is 16.3 Å². The molecular weight excluding hydrogens is 378 g/mol. The first-order valence-electron chi connectivity index (χ1n) is 9.89. The minimum Gasteiger partial charge on any atom is -0.269 e. The van der Waals surface area contributed by atoms with Crippen LogP contribution in [0.15, 0.2) is 91.0 Å². The predicted molar refractivity (Wildman–Crippen MR) is 127 cm³/mol. The van der Waals surface area contributed by atoms with Gasteiger partial charge in [-0.25, -0.2) is 4.44 Å². The van der Waals surface area contributed by atoms with E-state index in [4.69, 9.17) is 0 Å². The molecule has 0 aliphatic rings. The minimum atomic E-state index is -0.634. The summed E-state index contributed by atoms with van der Waals surface area (Å²) in [5.74, 6) is 0. The summed E-state index contributed by atoms with van der Waals surface area (Å²) in [6.07, 6.45) is 0. The number of benzene rings is 3. The molecule has 1 unspecified atom stereocenters. The molecule has 0 aliphatic heterocycles. The molecule has 0 saturated carbocycles. The Hall–Kier alpha value is -1.56. The van der Waals surface area contributed by atoms with Gasteiger partial charge in [0.15, 0.2) is 0 Å². The Bertz CT molecular complexity index is 785. The highest BCUT2D eigenvalue weighted by Gasteiger charge is 2.34. The van der Waals surface area contributed by atoms with Crippen LogP contribution in [-0.4, -0.2) is 28.7 Å². The molecule has 1 atom stereocenters. The van der Waals surface area contributed by atoms with Crippen LogP contribution in [0.4, 0.5) is 0 Å². The molecule has 0 N–H and O–H groups in total. The van der Waals surface area contributed by atoms with E-state index < -0.39 is 16.3 Å². The highest BCUT2D eigenvalue weighted by molar-refractivity contribution is 7.81. The molecule has 4 heteroatoms. The quantitative estimate of drug-likeness (QED) is 0.465. The summed E-state index contributed by atoms with van der Waals surface area (Å²) in [5, 5.41) is 4.23. The second kappa shape index (κ2) is 10.3. The molecule has 0 spiro atoms. The lowest BCUT2D eigenvalue weighted by molar-refractivity contribution is 0.507. The van der Waals surface area contributed by atoms with E-state index in [0.29, 0.717) is 6.04 Å². The maximum atomic E-state index is 2.77. The van der Waals surface area contributed by atoms with Crippen LogP contribution in [0.5, 0.6) is 0 Å². The van der Waals surface area contributed by atoms with Crippen molar-refractivity contribution in [3.8, 4) is 0 Å². The van der Waals surface area contributed by atoms with Gasteiger partial charge < -0.3 is 0 Å². The van der Waals surface area contributed by atoms with Gasteiger partial charge in [-0.1, -0.05) is 97.9 Å². The molecular formula is C24H30N2P2. The summed E-state index contributed by atoms with van der Waals surface area (Å²) in [6, 6.07) is 33.5. The molecule has 28 heavy (non-hydrogen) atoms. The second-order valence-electron chi connectivity index (χ2n) is 7.00. The van der Waals surface area contributed by atoms with Gasteiger partial charge in [0.25, 0.3) is 0 Å². The van der Waals surface area contributed by atoms with Crippen LogP contribution < -0.4 is 15.9 Å². The van der Waals surface area contributed by atoms with Crippen LogP contribution in [0.25, 0.3) is 0 Å². The van der Waals surface area contributed by atoms with Crippen molar-refractivity contribution in [2.24, 2.45) is 0 Å². The van der Waals surface area contributed by atoms with E-state index in [9.17, 15) is 0 Å². The van der Waals surface area contributed by atoms with Crippen LogP contribution in [0, 0.1) is 0 Å². The maximum absolute atomic E-state index is 2.77. The highest BCUT2D eigenvalue weighted by Crippen LogP contribution is 2.57. The Balaban J connectivity index is 2.17. The van der Waals surface area contributed by atoms with Gasteiger partial charge >= 0.3 is 0 Å². The zero-order valence-electron chi connectivity index (χ0n) is 17.2. The van der Waals surface area contributed by atoms with E-state index in [0.717, 1.165) is 6.54 Å². The van der Waals surface area contributed by atoms with Gasteiger partial charge in [-0.3, -0.25) is 4.67 Å². The predicted octanol–water partition coefficient (Wildman–Crippen LogP) is 5.33. The van der Waals surface area contributed by atoms with Gasteiger partial charge in [-0.2, -0.15) is 0 Å². The van der Waals surface area contributed by atoms with Crippen molar-refractivity contribution in [1.29, 1.82) is 0 Å². The summed E-state index contributed by atoms with van der Waals surface area (Å²) in [5.41, 5.74) is 0. The van der Waals surface area contributed by atoms with Crippen molar-refractivity contribution < 1.29 is 0 Å². The van der Waals surface area contributed by atoms with Crippen molar-refractivity contribution in [3.63, 3.8) is 0 Å². The zero-order valence-corrected chi connectivity index (χ0v) is 19.0. The Labute approximate surface area is 172 Å². The lowest BCUT2D eigenvalue weighted by Gasteiger charge is -2.44. The number of hydrogen-bond acceptors (Lipinski definition) is 2. The fourth-order valence-electron chi connectivity index (χ4n) is 3.23. The fourth-order valence-corrected chi connectivity index (χ4v) is 9.47. The summed E-state index contributed by atoms with van der Waals surface area (Å²) < 4.78 is 5.29. The first-order valence-corrected chi connectivity index (χ1v) is 12.4. The van der Waals surface area contributed by atoms with Crippen molar-refractivity contribution in [3.05, 3.63) is 91.0 Å². The Morgan fingerprint density at radius 2 is 1.07 bits per heavy atom. The first kappa shape index (κ1) is 21.2. The third-order valence-electron chi connectivity index (χ3n) is 4.63. The van der Waals surface area contributed by atoms with Crippen molar-refractivity contribution in [1.82, 2.24) is 9.11 Å².